The molecule has 1 saturated heterocycles. The van der Waals surface area contributed by atoms with Gasteiger partial charge in [0, 0.05) is 5.56 Å². The number of carbonyl (C=O) groups is 2. The second-order valence-electron chi connectivity index (χ2n) is 7.72. The Hall–Kier alpha value is -3.93. The molecule has 0 aromatic heterocycles. The predicted octanol–water partition coefficient (Wildman–Crippen LogP) is 5.08. The van der Waals surface area contributed by atoms with Crippen LogP contribution in [-0.4, -0.2) is 23.9 Å². The molecule has 3 aromatic rings. The van der Waals surface area contributed by atoms with E-state index in [4.69, 9.17) is 4.74 Å². The molecule has 4 rings (SSSR count). The first-order chi connectivity index (χ1) is 15.3. The van der Waals surface area contributed by atoms with Crippen LogP contribution in [0.3, 0.4) is 0 Å². The first-order valence-electron chi connectivity index (χ1n) is 10.1. The SMILES string of the molecule is COc1ccccc1N1C(=O)C(=O)/C(=C(\O)c2ccc(F)c(C)c2)C1c1cccc(C)c1. The Kier molecular flexibility index (Phi) is 5.53. The number of amides is 1. The zero-order valence-electron chi connectivity index (χ0n) is 17.9. The number of halogens is 1. The molecule has 1 aliphatic rings. The van der Waals surface area contributed by atoms with Crippen LogP contribution < -0.4 is 9.64 Å². The van der Waals surface area contributed by atoms with Crippen molar-refractivity contribution in [1.29, 1.82) is 0 Å². The third-order valence-corrected chi connectivity index (χ3v) is 5.58. The van der Waals surface area contributed by atoms with E-state index in [0.29, 0.717) is 22.6 Å². The number of ketones is 1. The van der Waals surface area contributed by atoms with Crippen LogP contribution in [0.1, 0.15) is 28.3 Å². The molecule has 0 bridgehead atoms. The maximum Gasteiger partial charge on any atom is 0.300 e. The summed E-state index contributed by atoms with van der Waals surface area (Å²) < 4.78 is 19.2. The van der Waals surface area contributed by atoms with Crippen molar-refractivity contribution in [2.45, 2.75) is 19.9 Å². The Bertz CT molecular complexity index is 1260. The van der Waals surface area contributed by atoms with Crippen LogP contribution in [0.5, 0.6) is 5.75 Å². The van der Waals surface area contributed by atoms with E-state index in [-0.39, 0.29) is 16.9 Å². The molecule has 1 unspecified atom stereocenters. The van der Waals surface area contributed by atoms with Crippen molar-refractivity contribution in [3.8, 4) is 5.75 Å². The van der Waals surface area contributed by atoms with Crippen molar-refractivity contribution in [3.63, 3.8) is 0 Å². The summed E-state index contributed by atoms with van der Waals surface area (Å²) in [7, 11) is 1.48. The summed E-state index contributed by atoms with van der Waals surface area (Å²) in [4.78, 5) is 27.8. The molecular weight excluding hydrogens is 409 g/mol. The van der Waals surface area contributed by atoms with Gasteiger partial charge in [-0.2, -0.15) is 0 Å². The highest BCUT2D eigenvalue weighted by Gasteiger charge is 2.47. The smallest absolute Gasteiger partial charge is 0.300 e. The largest absolute Gasteiger partial charge is 0.507 e. The quantitative estimate of drug-likeness (QED) is 0.356. The van der Waals surface area contributed by atoms with Crippen molar-refractivity contribution in [1.82, 2.24) is 0 Å². The van der Waals surface area contributed by atoms with E-state index >= 15 is 0 Å². The predicted molar refractivity (Wildman–Crippen MR) is 120 cm³/mol. The molecule has 1 fully saturated rings. The van der Waals surface area contributed by atoms with Gasteiger partial charge in [0.2, 0.25) is 0 Å². The normalized spacial score (nSPS) is 17.6. The van der Waals surface area contributed by atoms with Crippen LogP contribution in [0.2, 0.25) is 0 Å². The average molecular weight is 431 g/mol. The minimum absolute atomic E-state index is 0.0579. The number of carbonyl (C=O) groups excluding carboxylic acids is 2. The maximum absolute atomic E-state index is 13.8. The minimum Gasteiger partial charge on any atom is -0.507 e. The Balaban J connectivity index is 1.99. The van der Waals surface area contributed by atoms with Crippen LogP contribution in [0, 0.1) is 19.7 Å². The number of aryl methyl sites for hydroxylation is 2. The van der Waals surface area contributed by atoms with E-state index in [1.54, 1.807) is 37.3 Å². The first-order valence-corrected chi connectivity index (χ1v) is 10.1. The van der Waals surface area contributed by atoms with Crippen molar-refractivity contribution < 1.29 is 23.8 Å². The topological polar surface area (TPSA) is 66.8 Å². The summed E-state index contributed by atoms with van der Waals surface area (Å²) in [6, 6.07) is 17.5. The average Bonchev–Trinajstić information content (AvgIpc) is 3.05. The van der Waals surface area contributed by atoms with Gasteiger partial charge in [-0.15, -0.1) is 0 Å². The fourth-order valence-corrected chi connectivity index (χ4v) is 4.01. The number of Topliss-reactive ketones (excluding diaryl/α,β-unsaturated/α-hetero) is 1. The molecule has 0 aliphatic carbocycles. The molecule has 1 heterocycles. The summed E-state index contributed by atoms with van der Waals surface area (Å²) in [6.45, 7) is 3.47. The number of anilines is 1. The third kappa shape index (κ3) is 3.54. The molecule has 32 heavy (non-hydrogen) atoms. The van der Waals surface area contributed by atoms with E-state index < -0.39 is 23.5 Å². The third-order valence-electron chi connectivity index (χ3n) is 5.58. The molecule has 0 saturated carbocycles. The molecule has 1 atom stereocenters. The van der Waals surface area contributed by atoms with Gasteiger partial charge in [-0.1, -0.05) is 42.0 Å². The number of hydrogen-bond donors (Lipinski definition) is 1. The highest BCUT2D eigenvalue weighted by Crippen LogP contribution is 2.45. The monoisotopic (exact) mass is 431 g/mol. The summed E-state index contributed by atoms with van der Waals surface area (Å²) in [5.41, 5.74) is 2.54. The lowest BCUT2D eigenvalue weighted by Gasteiger charge is -2.27. The van der Waals surface area contributed by atoms with Crippen molar-refractivity contribution >= 4 is 23.1 Å². The zero-order valence-corrected chi connectivity index (χ0v) is 17.9. The lowest BCUT2D eigenvalue weighted by molar-refractivity contribution is -0.132. The van der Waals surface area contributed by atoms with Gasteiger partial charge in [-0.25, -0.2) is 4.39 Å². The highest BCUT2D eigenvalue weighted by molar-refractivity contribution is 6.51. The van der Waals surface area contributed by atoms with E-state index in [1.165, 1.54) is 30.2 Å². The molecule has 1 aliphatic heterocycles. The van der Waals surface area contributed by atoms with Gasteiger partial charge in [0.15, 0.2) is 0 Å². The molecule has 0 radical (unpaired) electrons. The number of para-hydroxylation sites is 2. The molecule has 162 valence electrons. The first kappa shape index (κ1) is 21.3. The van der Waals surface area contributed by atoms with Crippen molar-refractivity contribution in [2.24, 2.45) is 0 Å². The number of benzene rings is 3. The van der Waals surface area contributed by atoms with Gasteiger partial charge in [-0.05, 0) is 55.3 Å². The lowest BCUT2D eigenvalue weighted by atomic mass is 9.94. The minimum atomic E-state index is -0.878. The number of methoxy groups -OCH3 is 1. The molecule has 6 heteroatoms. The number of rotatable bonds is 4. The van der Waals surface area contributed by atoms with Crippen LogP contribution in [-0.2, 0) is 9.59 Å². The van der Waals surface area contributed by atoms with Gasteiger partial charge >= 0.3 is 0 Å². The number of aliphatic hydroxyl groups is 1. The van der Waals surface area contributed by atoms with Gasteiger partial charge in [0.25, 0.3) is 11.7 Å². The van der Waals surface area contributed by atoms with Gasteiger partial charge in [-0.3, -0.25) is 14.5 Å². The molecular formula is C26H22FNO4. The number of aliphatic hydroxyl groups excluding tert-OH is 1. The van der Waals surface area contributed by atoms with Crippen LogP contribution in [0.4, 0.5) is 10.1 Å². The Labute approximate surface area is 185 Å². The van der Waals surface area contributed by atoms with Gasteiger partial charge in [0.1, 0.15) is 17.3 Å². The van der Waals surface area contributed by atoms with Crippen molar-refractivity contribution in [3.05, 3.63) is 100 Å². The maximum atomic E-state index is 13.8. The van der Waals surface area contributed by atoms with E-state index in [1.807, 2.05) is 25.1 Å². The lowest BCUT2D eigenvalue weighted by Crippen LogP contribution is -2.29. The highest BCUT2D eigenvalue weighted by atomic mass is 19.1. The van der Waals surface area contributed by atoms with Crippen molar-refractivity contribution in [2.75, 3.05) is 12.0 Å². The number of ether oxygens (including phenoxy) is 1. The second-order valence-corrected chi connectivity index (χ2v) is 7.72. The second kappa shape index (κ2) is 8.30. The number of nitrogens with zero attached hydrogens (tertiary/aromatic N) is 1. The van der Waals surface area contributed by atoms with E-state index in [9.17, 15) is 19.1 Å². The molecule has 3 aromatic carbocycles. The fraction of sp³-hybridized carbons (Fsp3) is 0.154. The Morgan fingerprint density at radius 2 is 1.75 bits per heavy atom. The summed E-state index contributed by atoms with van der Waals surface area (Å²) in [5.74, 6) is -1.95. The van der Waals surface area contributed by atoms with Gasteiger partial charge in [0.05, 0.1) is 24.4 Å². The molecule has 0 spiro atoms. The Morgan fingerprint density at radius 3 is 2.44 bits per heavy atom. The molecule has 1 N–H and O–H groups in total. The van der Waals surface area contributed by atoms with Gasteiger partial charge < -0.3 is 9.84 Å². The molecule has 5 nitrogen and oxygen atoms in total. The van der Waals surface area contributed by atoms with Crippen LogP contribution in [0.15, 0.2) is 72.3 Å². The summed E-state index contributed by atoms with van der Waals surface area (Å²) in [5, 5.41) is 11.1. The summed E-state index contributed by atoms with van der Waals surface area (Å²) >= 11 is 0. The molecule has 1 amide bonds. The Morgan fingerprint density at radius 1 is 1.00 bits per heavy atom. The zero-order chi connectivity index (χ0) is 23.0. The van der Waals surface area contributed by atoms with E-state index in [0.717, 1.165) is 5.56 Å². The summed E-state index contributed by atoms with van der Waals surface area (Å²) in [6.07, 6.45) is 0. The standard InChI is InChI=1S/C26H22FNO4/c1-15-7-6-8-17(13-15)23-22(24(29)18-11-12-19(27)16(2)14-18)25(30)26(31)28(23)20-9-4-5-10-21(20)32-3/h4-14,23,29H,1-3H3/b24-22-. The van der Waals surface area contributed by atoms with Crippen LogP contribution in [0.25, 0.3) is 5.76 Å². The number of hydrogen-bond acceptors (Lipinski definition) is 4. The van der Waals surface area contributed by atoms with Crippen LogP contribution >= 0.6 is 0 Å². The fourth-order valence-electron chi connectivity index (χ4n) is 4.01. The van der Waals surface area contributed by atoms with E-state index in [2.05, 4.69) is 0 Å².